The van der Waals surface area contributed by atoms with Gasteiger partial charge in [-0.2, -0.15) is 0 Å². The molecule has 0 saturated heterocycles. The Morgan fingerprint density at radius 2 is 1.77 bits per heavy atom. The van der Waals surface area contributed by atoms with Gasteiger partial charge < -0.3 is 10.1 Å². The average molecular weight is 318 g/mol. The van der Waals surface area contributed by atoms with Crippen molar-refractivity contribution in [3.05, 3.63) is 65.2 Å². The van der Waals surface area contributed by atoms with E-state index in [0.717, 1.165) is 12.0 Å². The maximum atomic E-state index is 12.3. The zero-order valence-corrected chi connectivity index (χ0v) is 13.5. The molecule has 0 aliphatic heterocycles. The Balaban J connectivity index is 1.96. The normalized spacial score (nSPS) is 13.2. The molecule has 0 unspecified atom stereocenters. The highest BCUT2D eigenvalue weighted by Crippen LogP contribution is 2.19. The van der Waals surface area contributed by atoms with Gasteiger partial charge >= 0.3 is 0 Å². The quantitative estimate of drug-likeness (QED) is 0.859. The number of benzene rings is 2. The van der Waals surface area contributed by atoms with Crippen molar-refractivity contribution in [1.29, 1.82) is 0 Å². The lowest BCUT2D eigenvalue weighted by atomic mass is 10.0. The second-order valence-corrected chi connectivity index (χ2v) is 5.53. The summed E-state index contributed by atoms with van der Waals surface area (Å²) in [6.07, 6.45) is 0.252. The van der Waals surface area contributed by atoms with Gasteiger partial charge in [-0.1, -0.05) is 48.9 Å². The second kappa shape index (κ2) is 7.85. The minimum absolute atomic E-state index is 0.00929. The van der Waals surface area contributed by atoms with Crippen LogP contribution in [0.3, 0.4) is 0 Å². The van der Waals surface area contributed by atoms with Crippen LogP contribution in [0.1, 0.15) is 31.9 Å². The molecule has 2 atom stereocenters. The molecule has 4 heteroatoms. The number of carbonyl (C=O) groups excluding carboxylic acids is 1. The summed E-state index contributed by atoms with van der Waals surface area (Å²) < 4.78 is 5.64. The third-order valence-corrected chi connectivity index (χ3v) is 3.67. The number of rotatable bonds is 6. The summed E-state index contributed by atoms with van der Waals surface area (Å²) in [7, 11) is 0. The lowest BCUT2D eigenvalue weighted by molar-refractivity contribution is -0.128. The van der Waals surface area contributed by atoms with Gasteiger partial charge in [0.1, 0.15) is 5.75 Å². The first-order valence-electron chi connectivity index (χ1n) is 7.37. The Bertz CT molecular complexity index is 598. The SMILES string of the molecule is CC[C@@H](NC(=O)[C@H](C)Oc1ccc(Cl)cc1)c1ccccc1. The summed E-state index contributed by atoms with van der Waals surface area (Å²) in [6.45, 7) is 3.78. The van der Waals surface area contributed by atoms with E-state index < -0.39 is 6.10 Å². The summed E-state index contributed by atoms with van der Waals surface area (Å²) in [4.78, 5) is 12.3. The van der Waals surface area contributed by atoms with E-state index in [2.05, 4.69) is 5.32 Å². The van der Waals surface area contributed by atoms with Crippen molar-refractivity contribution in [1.82, 2.24) is 5.32 Å². The maximum absolute atomic E-state index is 12.3. The summed E-state index contributed by atoms with van der Waals surface area (Å²) >= 11 is 5.83. The molecule has 0 aliphatic carbocycles. The van der Waals surface area contributed by atoms with Crippen LogP contribution < -0.4 is 10.1 Å². The minimum atomic E-state index is -0.570. The van der Waals surface area contributed by atoms with Gasteiger partial charge in [0, 0.05) is 5.02 Å². The van der Waals surface area contributed by atoms with Crippen molar-refractivity contribution >= 4 is 17.5 Å². The van der Waals surface area contributed by atoms with Crippen LogP contribution in [-0.4, -0.2) is 12.0 Å². The van der Waals surface area contributed by atoms with E-state index in [1.54, 1.807) is 31.2 Å². The van der Waals surface area contributed by atoms with Crippen molar-refractivity contribution in [3.63, 3.8) is 0 Å². The molecule has 0 heterocycles. The molecule has 0 bridgehead atoms. The predicted octanol–water partition coefficient (Wildman–Crippen LogP) is 4.37. The molecule has 2 rings (SSSR count). The van der Waals surface area contributed by atoms with Crippen molar-refractivity contribution in [2.75, 3.05) is 0 Å². The Morgan fingerprint density at radius 3 is 2.36 bits per heavy atom. The van der Waals surface area contributed by atoms with Crippen molar-refractivity contribution in [3.8, 4) is 5.75 Å². The number of hydrogen-bond acceptors (Lipinski definition) is 2. The second-order valence-electron chi connectivity index (χ2n) is 5.09. The first-order chi connectivity index (χ1) is 10.6. The van der Waals surface area contributed by atoms with Gasteiger partial charge in [0.15, 0.2) is 6.10 Å². The molecule has 0 radical (unpaired) electrons. The zero-order valence-electron chi connectivity index (χ0n) is 12.8. The lowest BCUT2D eigenvalue weighted by Crippen LogP contribution is -2.38. The van der Waals surface area contributed by atoms with Crippen LogP contribution in [0.4, 0.5) is 0 Å². The highest BCUT2D eigenvalue weighted by molar-refractivity contribution is 6.30. The Hall–Kier alpha value is -2.00. The number of ether oxygens (including phenoxy) is 1. The molecule has 0 saturated carbocycles. The number of carbonyl (C=O) groups is 1. The Labute approximate surface area is 136 Å². The van der Waals surface area contributed by atoms with Crippen molar-refractivity contribution < 1.29 is 9.53 Å². The summed E-state index contributed by atoms with van der Waals surface area (Å²) in [5.74, 6) is 0.491. The number of amides is 1. The maximum Gasteiger partial charge on any atom is 0.261 e. The first-order valence-corrected chi connectivity index (χ1v) is 7.75. The van der Waals surface area contributed by atoms with Crippen LogP contribution in [0, 0.1) is 0 Å². The number of nitrogens with one attached hydrogen (secondary N) is 1. The highest BCUT2D eigenvalue weighted by Gasteiger charge is 2.19. The molecular formula is C18H20ClNO2. The van der Waals surface area contributed by atoms with Crippen molar-refractivity contribution in [2.45, 2.75) is 32.4 Å². The fraction of sp³-hybridized carbons (Fsp3) is 0.278. The zero-order chi connectivity index (χ0) is 15.9. The van der Waals surface area contributed by atoms with Crippen molar-refractivity contribution in [2.24, 2.45) is 0 Å². The summed E-state index contributed by atoms with van der Waals surface area (Å²) in [5.41, 5.74) is 1.09. The van der Waals surface area contributed by atoms with E-state index in [-0.39, 0.29) is 11.9 Å². The van der Waals surface area contributed by atoms with Crippen LogP contribution in [0.15, 0.2) is 54.6 Å². The smallest absolute Gasteiger partial charge is 0.261 e. The van der Waals surface area contributed by atoms with E-state index in [9.17, 15) is 4.79 Å². The molecule has 1 N–H and O–H groups in total. The molecular weight excluding hydrogens is 298 g/mol. The molecule has 3 nitrogen and oxygen atoms in total. The van der Waals surface area contributed by atoms with Crippen LogP contribution in [-0.2, 0) is 4.79 Å². The van der Waals surface area contributed by atoms with E-state index in [4.69, 9.17) is 16.3 Å². The molecule has 0 fully saturated rings. The third kappa shape index (κ3) is 4.50. The van der Waals surface area contributed by atoms with E-state index in [1.807, 2.05) is 37.3 Å². The van der Waals surface area contributed by atoms with Crippen LogP contribution in [0.25, 0.3) is 0 Å². The van der Waals surface area contributed by atoms with E-state index in [0.29, 0.717) is 10.8 Å². The first kappa shape index (κ1) is 16.4. The molecule has 2 aromatic carbocycles. The fourth-order valence-electron chi connectivity index (χ4n) is 2.17. The van der Waals surface area contributed by atoms with Crippen LogP contribution in [0.5, 0.6) is 5.75 Å². The van der Waals surface area contributed by atoms with E-state index in [1.165, 1.54) is 0 Å². The topological polar surface area (TPSA) is 38.3 Å². The van der Waals surface area contributed by atoms with Crippen LogP contribution >= 0.6 is 11.6 Å². The van der Waals surface area contributed by atoms with Gasteiger partial charge in [-0.15, -0.1) is 0 Å². The van der Waals surface area contributed by atoms with Gasteiger partial charge in [0.2, 0.25) is 0 Å². The number of halogens is 1. The van der Waals surface area contributed by atoms with E-state index >= 15 is 0 Å². The highest BCUT2D eigenvalue weighted by atomic mass is 35.5. The molecule has 116 valence electrons. The molecule has 22 heavy (non-hydrogen) atoms. The molecule has 0 spiro atoms. The largest absolute Gasteiger partial charge is 0.481 e. The monoisotopic (exact) mass is 317 g/mol. The van der Waals surface area contributed by atoms with Gasteiger partial charge in [-0.3, -0.25) is 4.79 Å². The summed E-state index contributed by atoms with van der Waals surface area (Å²) in [5, 5.41) is 3.66. The number of hydrogen-bond donors (Lipinski definition) is 1. The van der Waals surface area contributed by atoms with Crippen LogP contribution in [0.2, 0.25) is 5.02 Å². The molecule has 0 aliphatic rings. The fourth-order valence-corrected chi connectivity index (χ4v) is 2.29. The average Bonchev–Trinajstić information content (AvgIpc) is 2.55. The Kier molecular flexibility index (Phi) is 5.84. The molecule has 1 amide bonds. The standard InChI is InChI=1S/C18H20ClNO2/c1-3-17(14-7-5-4-6-8-14)20-18(21)13(2)22-16-11-9-15(19)10-12-16/h4-13,17H,3H2,1-2H3,(H,20,21)/t13-,17+/m0/s1. The van der Waals surface area contributed by atoms with Gasteiger partial charge in [0.05, 0.1) is 6.04 Å². The van der Waals surface area contributed by atoms with Gasteiger partial charge in [0.25, 0.3) is 5.91 Å². The molecule has 0 aromatic heterocycles. The van der Waals surface area contributed by atoms with Gasteiger partial charge in [-0.05, 0) is 43.2 Å². The lowest BCUT2D eigenvalue weighted by Gasteiger charge is -2.21. The summed E-state index contributed by atoms with van der Waals surface area (Å²) in [6, 6.07) is 16.9. The third-order valence-electron chi connectivity index (χ3n) is 3.42. The van der Waals surface area contributed by atoms with Gasteiger partial charge in [-0.25, -0.2) is 0 Å². The Morgan fingerprint density at radius 1 is 1.14 bits per heavy atom. The predicted molar refractivity (Wildman–Crippen MR) is 89.2 cm³/mol. The minimum Gasteiger partial charge on any atom is -0.481 e. The molecule has 2 aromatic rings.